The fourth-order valence-corrected chi connectivity index (χ4v) is 3.47. The number of methoxy groups -OCH3 is 1. The van der Waals surface area contributed by atoms with E-state index >= 15 is 0 Å². The lowest BCUT2D eigenvalue weighted by Crippen LogP contribution is -2.44. The third kappa shape index (κ3) is 4.57. The first-order valence-corrected chi connectivity index (χ1v) is 9.14. The van der Waals surface area contributed by atoms with Crippen molar-refractivity contribution in [2.75, 3.05) is 25.5 Å². The predicted molar refractivity (Wildman–Crippen MR) is 96.7 cm³/mol. The normalized spacial score (nSPS) is 17.2. The van der Waals surface area contributed by atoms with Gasteiger partial charge in [0, 0.05) is 24.7 Å². The zero-order chi connectivity index (χ0) is 17.6. The van der Waals surface area contributed by atoms with E-state index in [9.17, 15) is 9.59 Å². The molecule has 132 valence electrons. The largest absolute Gasteiger partial charge is 0.497 e. The molecule has 1 saturated heterocycles. The van der Waals surface area contributed by atoms with Gasteiger partial charge in [0.2, 0.25) is 11.8 Å². The summed E-state index contributed by atoms with van der Waals surface area (Å²) < 4.78 is 5.13. The molecule has 0 saturated carbocycles. The fraction of sp³-hybridized carbons (Fsp3) is 0.389. The summed E-state index contributed by atoms with van der Waals surface area (Å²) in [7, 11) is 1.62. The van der Waals surface area contributed by atoms with Crippen LogP contribution >= 0.6 is 11.3 Å². The van der Waals surface area contributed by atoms with E-state index in [0.717, 1.165) is 24.2 Å². The number of nitrogens with one attached hydrogen (secondary N) is 1. The van der Waals surface area contributed by atoms with Gasteiger partial charge in [0.15, 0.2) is 5.13 Å². The highest BCUT2D eigenvalue weighted by molar-refractivity contribution is 7.13. The number of aromatic nitrogens is 1. The maximum Gasteiger partial charge on any atom is 0.231 e. The van der Waals surface area contributed by atoms with Crippen molar-refractivity contribution in [3.63, 3.8) is 0 Å². The van der Waals surface area contributed by atoms with Crippen LogP contribution in [0.5, 0.6) is 5.75 Å². The second kappa shape index (κ2) is 8.11. The third-order valence-corrected chi connectivity index (χ3v) is 5.01. The van der Waals surface area contributed by atoms with Gasteiger partial charge in [-0.2, -0.15) is 0 Å². The van der Waals surface area contributed by atoms with Gasteiger partial charge >= 0.3 is 0 Å². The van der Waals surface area contributed by atoms with Crippen molar-refractivity contribution >= 4 is 28.3 Å². The molecule has 2 amide bonds. The van der Waals surface area contributed by atoms with Crippen LogP contribution in [0.2, 0.25) is 0 Å². The maximum atomic E-state index is 12.6. The minimum Gasteiger partial charge on any atom is -0.497 e. The Morgan fingerprint density at radius 3 is 2.84 bits per heavy atom. The van der Waals surface area contributed by atoms with E-state index < -0.39 is 0 Å². The highest BCUT2D eigenvalue weighted by Gasteiger charge is 2.28. The zero-order valence-corrected chi connectivity index (χ0v) is 14.9. The van der Waals surface area contributed by atoms with Crippen molar-refractivity contribution < 1.29 is 14.3 Å². The van der Waals surface area contributed by atoms with E-state index in [0.29, 0.717) is 24.6 Å². The molecule has 1 fully saturated rings. The van der Waals surface area contributed by atoms with Crippen LogP contribution in [0.4, 0.5) is 5.13 Å². The summed E-state index contributed by atoms with van der Waals surface area (Å²) in [5.74, 6) is 0.583. The molecule has 0 radical (unpaired) electrons. The number of benzene rings is 1. The van der Waals surface area contributed by atoms with Crippen LogP contribution in [0, 0.1) is 5.92 Å². The topological polar surface area (TPSA) is 71.5 Å². The van der Waals surface area contributed by atoms with Crippen molar-refractivity contribution in [1.82, 2.24) is 9.88 Å². The van der Waals surface area contributed by atoms with Gasteiger partial charge in [-0.05, 0) is 30.5 Å². The number of likely N-dealkylation sites (tertiary alicyclic amines) is 1. The number of piperidine rings is 1. The second-order valence-corrected chi connectivity index (χ2v) is 6.92. The molecule has 1 N–H and O–H groups in total. The van der Waals surface area contributed by atoms with Gasteiger partial charge in [0.1, 0.15) is 5.75 Å². The number of thiazole rings is 1. The second-order valence-electron chi connectivity index (χ2n) is 6.03. The molecule has 2 heterocycles. The number of anilines is 1. The average Bonchev–Trinajstić information content (AvgIpc) is 3.15. The molecular weight excluding hydrogens is 338 g/mol. The lowest BCUT2D eigenvalue weighted by atomic mass is 9.96. The molecule has 1 aliphatic rings. The molecule has 1 aromatic heterocycles. The number of ether oxygens (including phenoxy) is 1. The first-order chi connectivity index (χ1) is 12.2. The highest BCUT2D eigenvalue weighted by atomic mass is 32.1. The number of amides is 2. The van der Waals surface area contributed by atoms with Crippen molar-refractivity contribution in [3.8, 4) is 5.75 Å². The molecule has 0 spiro atoms. The number of rotatable bonds is 5. The van der Waals surface area contributed by atoms with E-state index in [2.05, 4.69) is 10.3 Å². The average molecular weight is 359 g/mol. The molecule has 3 rings (SSSR count). The number of carbonyl (C=O) groups excluding carboxylic acids is 2. The Balaban J connectivity index is 1.56. The molecule has 1 aliphatic heterocycles. The first kappa shape index (κ1) is 17.4. The van der Waals surface area contributed by atoms with Gasteiger partial charge in [0.25, 0.3) is 0 Å². The fourth-order valence-electron chi connectivity index (χ4n) is 2.94. The summed E-state index contributed by atoms with van der Waals surface area (Å²) in [6, 6.07) is 7.49. The van der Waals surface area contributed by atoms with Crippen molar-refractivity contribution in [2.45, 2.75) is 19.3 Å². The Bertz CT molecular complexity index is 716. The predicted octanol–water partition coefficient (Wildman–Crippen LogP) is 2.57. The van der Waals surface area contributed by atoms with E-state index in [1.54, 1.807) is 18.2 Å². The van der Waals surface area contributed by atoms with Gasteiger partial charge in [-0.3, -0.25) is 9.59 Å². The first-order valence-electron chi connectivity index (χ1n) is 8.27. The SMILES string of the molecule is COc1ccc(CC(=O)N2CCCC(C(=O)Nc3nccs3)C2)cc1. The van der Waals surface area contributed by atoms with Crippen LogP contribution in [-0.4, -0.2) is 41.9 Å². The van der Waals surface area contributed by atoms with E-state index in [1.165, 1.54) is 11.3 Å². The maximum absolute atomic E-state index is 12.6. The van der Waals surface area contributed by atoms with Crippen LogP contribution < -0.4 is 10.1 Å². The van der Waals surface area contributed by atoms with Crippen molar-refractivity contribution in [2.24, 2.45) is 5.92 Å². The van der Waals surface area contributed by atoms with Crippen LogP contribution in [0.1, 0.15) is 18.4 Å². The van der Waals surface area contributed by atoms with Gasteiger partial charge in [-0.1, -0.05) is 12.1 Å². The Labute approximate surface area is 150 Å². The Morgan fingerprint density at radius 1 is 1.36 bits per heavy atom. The Kier molecular flexibility index (Phi) is 5.65. The molecular formula is C18H21N3O3S. The van der Waals surface area contributed by atoms with Crippen molar-refractivity contribution in [3.05, 3.63) is 41.4 Å². The summed E-state index contributed by atoms with van der Waals surface area (Å²) in [5, 5.41) is 5.25. The summed E-state index contributed by atoms with van der Waals surface area (Å²) >= 11 is 1.39. The summed E-state index contributed by atoms with van der Waals surface area (Å²) in [6.07, 6.45) is 3.63. The third-order valence-electron chi connectivity index (χ3n) is 4.32. The molecule has 1 unspecified atom stereocenters. The molecule has 1 aromatic carbocycles. The van der Waals surface area contributed by atoms with Gasteiger partial charge in [0.05, 0.1) is 19.4 Å². The molecule has 25 heavy (non-hydrogen) atoms. The van der Waals surface area contributed by atoms with E-state index in [4.69, 9.17) is 4.74 Å². The van der Waals surface area contributed by atoms with Crippen LogP contribution in [0.25, 0.3) is 0 Å². The Morgan fingerprint density at radius 2 is 2.16 bits per heavy atom. The zero-order valence-electron chi connectivity index (χ0n) is 14.1. The van der Waals surface area contributed by atoms with Gasteiger partial charge in [-0.25, -0.2) is 4.98 Å². The summed E-state index contributed by atoms with van der Waals surface area (Å²) in [5.41, 5.74) is 0.945. The van der Waals surface area contributed by atoms with Crippen LogP contribution in [0.3, 0.4) is 0 Å². The van der Waals surface area contributed by atoms with Crippen LogP contribution in [0.15, 0.2) is 35.8 Å². The molecule has 0 aliphatic carbocycles. The molecule has 2 aromatic rings. The van der Waals surface area contributed by atoms with E-state index in [-0.39, 0.29) is 17.7 Å². The quantitative estimate of drug-likeness (QED) is 0.891. The minimum atomic E-state index is -0.183. The minimum absolute atomic E-state index is 0.0527. The standard InChI is InChI=1S/C18H21N3O3S/c1-24-15-6-4-13(5-7-15)11-16(22)21-9-2-3-14(12-21)17(23)20-18-19-8-10-25-18/h4-8,10,14H,2-3,9,11-12H2,1H3,(H,19,20,23). The molecule has 1 atom stereocenters. The number of nitrogens with zero attached hydrogens (tertiary/aromatic N) is 2. The monoisotopic (exact) mass is 359 g/mol. The van der Waals surface area contributed by atoms with Gasteiger partial charge in [-0.15, -0.1) is 11.3 Å². The summed E-state index contributed by atoms with van der Waals surface area (Å²) in [6.45, 7) is 1.17. The molecule has 0 bridgehead atoms. The lowest BCUT2D eigenvalue weighted by molar-refractivity contribution is -0.133. The molecule has 6 nitrogen and oxygen atoms in total. The lowest BCUT2D eigenvalue weighted by Gasteiger charge is -2.32. The summed E-state index contributed by atoms with van der Waals surface area (Å²) in [4.78, 5) is 30.8. The van der Waals surface area contributed by atoms with E-state index in [1.807, 2.05) is 29.6 Å². The Hall–Kier alpha value is -2.41. The van der Waals surface area contributed by atoms with Crippen molar-refractivity contribution in [1.29, 1.82) is 0 Å². The smallest absolute Gasteiger partial charge is 0.231 e. The highest BCUT2D eigenvalue weighted by Crippen LogP contribution is 2.21. The number of hydrogen-bond acceptors (Lipinski definition) is 5. The van der Waals surface area contributed by atoms with Gasteiger partial charge < -0.3 is 15.0 Å². The van der Waals surface area contributed by atoms with Crippen LogP contribution in [-0.2, 0) is 16.0 Å². The molecule has 7 heteroatoms. The number of hydrogen-bond donors (Lipinski definition) is 1. The number of carbonyl (C=O) groups is 2.